The summed E-state index contributed by atoms with van der Waals surface area (Å²) < 4.78 is 30.8. The van der Waals surface area contributed by atoms with Gasteiger partial charge in [0.2, 0.25) is 10.0 Å². The van der Waals surface area contributed by atoms with Gasteiger partial charge in [-0.25, -0.2) is 17.5 Å². The summed E-state index contributed by atoms with van der Waals surface area (Å²) in [4.78, 5) is 24.9. The molecular weight excluding hydrogens is 416 g/mol. The molecule has 0 aromatic heterocycles. The van der Waals surface area contributed by atoms with Crippen molar-refractivity contribution in [2.24, 2.45) is 0 Å². The summed E-state index contributed by atoms with van der Waals surface area (Å²) in [6.45, 7) is 5.14. The highest BCUT2D eigenvalue weighted by molar-refractivity contribution is 7.89. The fraction of sp³-hybridized carbons (Fsp3) is 0.300. The Balaban J connectivity index is 2.20. The number of hydrogen-bond acceptors (Lipinski definition) is 5. The molecule has 0 heterocycles. The van der Waals surface area contributed by atoms with Gasteiger partial charge in [0.1, 0.15) is 0 Å². The second kappa shape index (κ2) is 8.94. The number of hydrogen-bond donors (Lipinski definition) is 1. The molecule has 156 valence electrons. The van der Waals surface area contributed by atoms with E-state index in [1.165, 1.54) is 33.2 Å². The topological polar surface area (TPSA) is 92.8 Å². The van der Waals surface area contributed by atoms with E-state index in [2.05, 4.69) is 5.32 Å². The van der Waals surface area contributed by atoms with Crippen LogP contribution in [0.1, 0.15) is 28.4 Å². The Bertz CT molecular complexity index is 1030. The van der Waals surface area contributed by atoms with Crippen molar-refractivity contribution < 1.29 is 22.7 Å². The number of para-hydroxylation sites is 1. The van der Waals surface area contributed by atoms with Gasteiger partial charge in [0, 0.05) is 19.8 Å². The Hall–Kier alpha value is -2.42. The first-order chi connectivity index (χ1) is 13.4. The first kappa shape index (κ1) is 22.9. The second-order valence-corrected chi connectivity index (χ2v) is 9.29. The first-order valence-corrected chi connectivity index (χ1v) is 10.6. The number of sulfonamides is 1. The summed E-state index contributed by atoms with van der Waals surface area (Å²) in [5.41, 5.74) is 2.27. The molecule has 1 unspecified atom stereocenters. The number of amides is 1. The van der Waals surface area contributed by atoms with Gasteiger partial charge in [-0.2, -0.15) is 0 Å². The molecular formula is C20H23ClN2O5S. The molecule has 0 aliphatic heterocycles. The maximum absolute atomic E-state index is 12.5. The molecule has 9 heteroatoms. The molecule has 0 radical (unpaired) electrons. The zero-order valence-electron chi connectivity index (χ0n) is 16.8. The number of nitrogens with zero attached hydrogens (tertiary/aromatic N) is 1. The van der Waals surface area contributed by atoms with Gasteiger partial charge in [-0.1, -0.05) is 29.8 Å². The third kappa shape index (κ3) is 5.14. The molecule has 0 bridgehead atoms. The summed E-state index contributed by atoms with van der Waals surface area (Å²) >= 11 is 6.05. The van der Waals surface area contributed by atoms with Crippen molar-refractivity contribution in [3.8, 4) is 0 Å². The van der Waals surface area contributed by atoms with Gasteiger partial charge >= 0.3 is 5.97 Å². The lowest BCUT2D eigenvalue weighted by atomic mass is 10.1. The van der Waals surface area contributed by atoms with E-state index in [0.717, 1.165) is 21.5 Å². The van der Waals surface area contributed by atoms with E-state index in [1.807, 2.05) is 32.0 Å². The summed E-state index contributed by atoms with van der Waals surface area (Å²) in [6, 6.07) is 9.32. The Labute approximate surface area is 175 Å². The maximum Gasteiger partial charge on any atom is 0.340 e. The molecule has 1 atom stereocenters. The maximum atomic E-state index is 12.5. The molecule has 2 aromatic carbocycles. The lowest BCUT2D eigenvalue weighted by Gasteiger charge is -2.17. The number of benzene rings is 2. The number of rotatable bonds is 6. The smallest absolute Gasteiger partial charge is 0.340 e. The van der Waals surface area contributed by atoms with Crippen LogP contribution in [0, 0.1) is 13.8 Å². The van der Waals surface area contributed by atoms with E-state index in [4.69, 9.17) is 16.3 Å². The van der Waals surface area contributed by atoms with Crippen molar-refractivity contribution in [3.05, 3.63) is 58.1 Å². The Kier molecular flexibility index (Phi) is 7.05. The highest BCUT2D eigenvalue weighted by Gasteiger charge is 2.24. The SMILES string of the molecule is Cc1cccc(C)c1NC(=O)C(C)OC(=O)c1cc(S(=O)(=O)N(C)C)ccc1Cl. The van der Waals surface area contributed by atoms with E-state index < -0.39 is 28.0 Å². The van der Waals surface area contributed by atoms with E-state index in [-0.39, 0.29) is 15.5 Å². The first-order valence-electron chi connectivity index (χ1n) is 8.75. The van der Waals surface area contributed by atoms with Gasteiger partial charge in [0.15, 0.2) is 6.10 Å². The van der Waals surface area contributed by atoms with Crippen LogP contribution in [-0.4, -0.2) is 44.8 Å². The zero-order valence-corrected chi connectivity index (χ0v) is 18.4. The fourth-order valence-electron chi connectivity index (χ4n) is 2.55. The van der Waals surface area contributed by atoms with Gasteiger partial charge in [0.25, 0.3) is 5.91 Å². The fourth-order valence-corrected chi connectivity index (χ4v) is 3.67. The standard InChI is InChI=1S/C20H23ClN2O5S/c1-12-7-6-8-13(2)18(12)22-19(24)14(3)28-20(25)16-11-15(9-10-17(16)21)29(26,27)23(4)5/h6-11,14H,1-5H3,(H,22,24). The quantitative estimate of drug-likeness (QED) is 0.698. The van der Waals surface area contributed by atoms with Gasteiger partial charge in [0.05, 0.1) is 15.5 Å². The molecule has 1 N–H and O–H groups in total. The van der Waals surface area contributed by atoms with Crippen LogP contribution in [0.5, 0.6) is 0 Å². The number of carbonyl (C=O) groups excluding carboxylic acids is 2. The molecule has 0 fully saturated rings. The average molecular weight is 439 g/mol. The minimum atomic E-state index is -3.76. The lowest BCUT2D eigenvalue weighted by Crippen LogP contribution is -2.30. The number of carbonyl (C=O) groups is 2. The van der Waals surface area contributed by atoms with E-state index in [1.54, 1.807) is 0 Å². The minimum absolute atomic E-state index is 0.0232. The summed E-state index contributed by atoms with van der Waals surface area (Å²) in [6.07, 6.45) is -1.12. The van der Waals surface area contributed by atoms with Crippen LogP contribution in [0.4, 0.5) is 5.69 Å². The Morgan fingerprint density at radius 3 is 2.24 bits per heavy atom. The van der Waals surface area contributed by atoms with Gasteiger partial charge in [-0.15, -0.1) is 0 Å². The molecule has 2 rings (SSSR count). The highest BCUT2D eigenvalue weighted by Crippen LogP contribution is 2.24. The predicted octanol–water partition coefficient (Wildman–Crippen LogP) is 3.39. The number of aryl methyl sites for hydroxylation is 2. The monoisotopic (exact) mass is 438 g/mol. The van der Waals surface area contributed by atoms with Crippen LogP contribution < -0.4 is 5.32 Å². The number of nitrogens with one attached hydrogen (secondary N) is 1. The Morgan fingerprint density at radius 2 is 1.69 bits per heavy atom. The molecule has 2 aromatic rings. The third-order valence-corrected chi connectivity index (χ3v) is 6.46. The van der Waals surface area contributed by atoms with E-state index in [9.17, 15) is 18.0 Å². The highest BCUT2D eigenvalue weighted by atomic mass is 35.5. The normalized spacial score (nSPS) is 12.5. The zero-order chi connectivity index (χ0) is 21.9. The molecule has 0 aliphatic rings. The Morgan fingerprint density at radius 1 is 1.10 bits per heavy atom. The van der Waals surface area contributed by atoms with Gasteiger partial charge in [-0.3, -0.25) is 4.79 Å². The van der Waals surface area contributed by atoms with Crippen LogP contribution in [0.2, 0.25) is 5.02 Å². The van der Waals surface area contributed by atoms with Crippen molar-refractivity contribution >= 4 is 39.2 Å². The van der Waals surface area contributed by atoms with Crippen LogP contribution in [0.25, 0.3) is 0 Å². The van der Waals surface area contributed by atoms with E-state index >= 15 is 0 Å². The predicted molar refractivity (Wildman–Crippen MR) is 112 cm³/mol. The molecule has 0 saturated carbocycles. The van der Waals surface area contributed by atoms with Gasteiger partial charge in [-0.05, 0) is 50.1 Å². The average Bonchev–Trinajstić information content (AvgIpc) is 2.64. The van der Waals surface area contributed by atoms with Crippen LogP contribution >= 0.6 is 11.6 Å². The van der Waals surface area contributed by atoms with Crippen molar-refractivity contribution in [1.29, 1.82) is 0 Å². The number of halogens is 1. The number of anilines is 1. The van der Waals surface area contributed by atoms with Crippen molar-refractivity contribution in [2.45, 2.75) is 31.8 Å². The van der Waals surface area contributed by atoms with Crippen molar-refractivity contribution in [1.82, 2.24) is 4.31 Å². The molecule has 29 heavy (non-hydrogen) atoms. The summed E-state index contributed by atoms with van der Waals surface area (Å²) in [7, 11) is -1.00. The van der Waals surface area contributed by atoms with E-state index in [0.29, 0.717) is 5.69 Å². The molecule has 0 aliphatic carbocycles. The molecule has 1 amide bonds. The summed E-state index contributed by atoms with van der Waals surface area (Å²) in [5, 5.41) is 2.77. The van der Waals surface area contributed by atoms with Gasteiger partial charge < -0.3 is 10.1 Å². The van der Waals surface area contributed by atoms with Crippen LogP contribution in [0.15, 0.2) is 41.3 Å². The molecule has 0 saturated heterocycles. The van der Waals surface area contributed by atoms with Crippen LogP contribution in [0.3, 0.4) is 0 Å². The lowest BCUT2D eigenvalue weighted by molar-refractivity contribution is -0.123. The molecule has 7 nitrogen and oxygen atoms in total. The summed E-state index contributed by atoms with van der Waals surface area (Å²) in [5.74, 6) is -1.40. The minimum Gasteiger partial charge on any atom is -0.449 e. The molecule has 0 spiro atoms. The third-order valence-electron chi connectivity index (χ3n) is 4.32. The number of esters is 1. The second-order valence-electron chi connectivity index (χ2n) is 6.73. The van der Waals surface area contributed by atoms with Crippen molar-refractivity contribution in [3.63, 3.8) is 0 Å². The van der Waals surface area contributed by atoms with Crippen molar-refractivity contribution in [2.75, 3.05) is 19.4 Å². The van der Waals surface area contributed by atoms with Crippen LogP contribution in [-0.2, 0) is 19.6 Å². The largest absolute Gasteiger partial charge is 0.449 e. The number of ether oxygens (including phenoxy) is 1.